The molecule has 0 aromatic heterocycles. The molecule has 0 N–H and O–H groups in total. The number of halogens is 4. The molecule has 0 amide bonds. The minimum atomic E-state index is -1.19. The van der Waals surface area contributed by atoms with Gasteiger partial charge in [0.05, 0.1) is 0 Å². The predicted octanol–water partition coefficient (Wildman–Crippen LogP) is 3.05. The Morgan fingerprint density at radius 3 is 2.27 bits per heavy atom. The van der Waals surface area contributed by atoms with E-state index in [9.17, 15) is 18.0 Å². The molecule has 0 heterocycles. The number of rotatable bonds is 4. The van der Waals surface area contributed by atoms with Crippen molar-refractivity contribution < 1.29 is 18.0 Å². The summed E-state index contributed by atoms with van der Waals surface area (Å²) in [6, 6.07) is 1.35. The van der Waals surface area contributed by atoms with Gasteiger partial charge in [0.25, 0.3) is 0 Å². The zero-order chi connectivity index (χ0) is 10.6. The molecule has 1 nitrogen and oxygen atoms in total. The fourth-order valence-corrected chi connectivity index (χ4v) is 1.13. The fraction of sp³-hybridized carbons (Fsp3) is 0.300. The highest BCUT2D eigenvalue weighted by Crippen LogP contribution is 2.15. The summed E-state index contributed by atoms with van der Waals surface area (Å²) in [7, 11) is 0. The molecule has 0 unspecified atom stereocenters. The van der Waals surface area contributed by atoms with Gasteiger partial charge < -0.3 is 4.79 Å². The van der Waals surface area contributed by atoms with Crippen LogP contribution in [0.15, 0.2) is 12.1 Å². The molecule has 1 aromatic carbocycles. The van der Waals surface area contributed by atoms with Gasteiger partial charge in [-0.25, -0.2) is 13.2 Å². The SMILES string of the molecule is Cl.O=CCCCc1cc(F)c(F)cc1F. The first-order valence-electron chi connectivity index (χ1n) is 4.22. The van der Waals surface area contributed by atoms with Crippen LogP contribution >= 0.6 is 12.4 Å². The Kier molecular flexibility index (Phi) is 6.01. The Morgan fingerprint density at radius 2 is 1.67 bits per heavy atom. The van der Waals surface area contributed by atoms with E-state index in [0.29, 0.717) is 25.2 Å². The average molecular weight is 239 g/mol. The van der Waals surface area contributed by atoms with Gasteiger partial charge in [-0.1, -0.05) is 0 Å². The Balaban J connectivity index is 0.00000196. The maximum absolute atomic E-state index is 13.0. The zero-order valence-electron chi connectivity index (χ0n) is 7.80. The van der Waals surface area contributed by atoms with Crippen LogP contribution in [0.5, 0.6) is 0 Å². The van der Waals surface area contributed by atoms with Crippen LogP contribution in [0.25, 0.3) is 0 Å². The van der Waals surface area contributed by atoms with Gasteiger partial charge in [-0.05, 0) is 24.5 Å². The normalized spacial score (nSPS) is 9.53. The van der Waals surface area contributed by atoms with Crippen LogP contribution in [-0.2, 0) is 11.2 Å². The molecule has 0 aliphatic carbocycles. The van der Waals surface area contributed by atoms with E-state index in [1.165, 1.54) is 0 Å². The first-order valence-corrected chi connectivity index (χ1v) is 4.22. The fourth-order valence-electron chi connectivity index (χ4n) is 1.13. The molecule has 1 aromatic rings. The highest BCUT2D eigenvalue weighted by Gasteiger charge is 2.08. The van der Waals surface area contributed by atoms with Crippen molar-refractivity contribution in [1.29, 1.82) is 0 Å². The van der Waals surface area contributed by atoms with Crippen molar-refractivity contribution in [1.82, 2.24) is 0 Å². The molecule has 0 spiro atoms. The van der Waals surface area contributed by atoms with Crippen LogP contribution in [0.3, 0.4) is 0 Å². The minimum absolute atomic E-state index is 0. The predicted molar refractivity (Wildman–Crippen MR) is 52.6 cm³/mol. The molecule has 1 rings (SSSR count). The zero-order valence-corrected chi connectivity index (χ0v) is 8.62. The number of aryl methyl sites for hydroxylation is 1. The van der Waals surface area contributed by atoms with Crippen molar-refractivity contribution in [2.75, 3.05) is 0 Å². The molecule has 15 heavy (non-hydrogen) atoms. The number of hydrogen-bond donors (Lipinski definition) is 0. The summed E-state index contributed by atoms with van der Waals surface area (Å²) in [5.41, 5.74) is 0.103. The first-order chi connectivity index (χ1) is 6.65. The van der Waals surface area contributed by atoms with E-state index in [0.717, 1.165) is 6.07 Å². The van der Waals surface area contributed by atoms with E-state index in [1.807, 2.05) is 0 Å². The summed E-state index contributed by atoms with van der Waals surface area (Å²) >= 11 is 0. The van der Waals surface area contributed by atoms with Gasteiger partial charge >= 0.3 is 0 Å². The first kappa shape index (κ1) is 14.0. The number of hydrogen-bond acceptors (Lipinski definition) is 1. The summed E-state index contributed by atoms with van der Waals surface area (Å²) in [6.45, 7) is 0. The van der Waals surface area contributed by atoms with Crippen LogP contribution in [0.4, 0.5) is 13.2 Å². The van der Waals surface area contributed by atoms with Crippen molar-refractivity contribution in [3.63, 3.8) is 0 Å². The largest absolute Gasteiger partial charge is 0.303 e. The standard InChI is InChI=1S/C10H9F3O.ClH/c11-8-6-10(13)9(12)5-7(8)3-1-2-4-14;/h4-6H,1-3H2;1H. The van der Waals surface area contributed by atoms with E-state index in [4.69, 9.17) is 0 Å². The van der Waals surface area contributed by atoms with Crippen LogP contribution in [0, 0.1) is 17.5 Å². The average Bonchev–Trinajstić information content (AvgIpc) is 2.14. The lowest BCUT2D eigenvalue weighted by molar-refractivity contribution is -0.107. The number of carbonyl (C=O) groups is 1. The molecular formula is C10H10ClF3O. The molecule has 0 radical (unpaired) electrons. The van der Waals surface area contributed by atoms with Crippen LogP contribution in [0.1, 0.15) is 18.4 Å². The van der Waals surface area contributed by atoms with Crippen molar-refractivity contribution in [3.05, 3.63) is 35.1 Å². The second-order valence-corrected chi connectivity index (χ2v) is 2.92. The lowest BCUT2D eigenvalue weighted by Gasteiger charge is -2.02. The summed E-state index contributed by atoms with van der Waals surface area (Å²) in [5, 5.41) is 0. The van der Waals surface area contributed by atoms with E-state index in [-0.39, 0.29) is 24.4 Å². The van der Waals surface area contributed by atoms with Crippen LogP contribution in [0.2, 0.25) is 0 Å². The Hall–Kier alpha value is -1.03. The lowest BCUT2D eigenvalue weighted by Crippen LogP contribution is -1.95. The van der Waals surface area contributed by atoms with E-state index in [2.05, 4.69) is 0 Å². The molecule has 0 saturated carbocycles. The molecule has 0 aliphatic heterocycles. The maximum atomic E-state index is 13.0. The van der Waals surface area contributed by atoms with Gasteiger partial charge in [0, 0.05) is 12.5 Å². The molecule has 0 saturated heterocycles. The van der Waals surface area contributed by atoms with Crippen molar-refractivity contribution >= 4 is 18.7 Å². The van der Waals surface area contributed by atoms with Gasteiger partial charge in [-0.15, -0.1) is 12.4 Å². The molecule has 5 heteroatoms. The van der Waals surface area contributed by atoms with Gasteiger partial charge in [0.2, 0.25) is 0 Å². The summed E-state index contributed by atoms with van der Waals surface area (Å²) in [4.78, 5) is 9.97. The van der Waals surface area contributed by atoms with Crippen molar-refractivity contribution in [2.24, 2.45) is 0 Å². The lowest BCUT2D eigenvalue weighted by atomic mass is 10.1. The highest BCUT2D eigenvalue weighted by atomic mass is 35.5. The monoisotopic (exact) mass is 238 g/mol. The second kappa shape index (κ2) is 6.45. The van der Waals surface area contributed by atoms with Crippen LogP contribution in [-0.4, -0.2) is 6.29 Å². The Labute approximate surface area is 91.7 Å². The topological polar surface area (TPSA) is 17.1 Å². The maximum Gasteiger partial charge on any atom is 0.161 e. The van der Waals surface area contributed by atoms with Gasteiger partial charge in [0.1, 0.15) is 12.1 Å². The third-order valence-corrected chi connectivity index (χ3v) is 1.86. The third-order valence-electron chi connectivity index (χ3n) is 1.86. The number of aldehydes is 1. The number of carbonyl (C=O) groups excluding carboxylic acids is 1. The molecule has 0 aliphatic rings. The van der Waals surface area contributed by atoms with Crippen LogP contribution < -0.4 is 0 Å². The van der Waals surface area contributed by atoms with E-state index < -0.39 is 17.5 Å². The molecular weight excluding hydrogens is 229 g/mol. The van der Waals surface area contributed by atoms with Gasteiger partial charge in [-0.3, -0.25) is 0 Å². The molecule has 0 fully saturated rings. The molecule has 84 valence electrons. The van der Waals surface area contributed by atoms with Crippen molar-refractivity contribution in [3.8, 4) is 0 Å². The minimum Gasteiger partial charge on any atom is -0.303 e. The van der Waals surface area contributed by atoms with Gasteiger partial charge in [-0.2, -0.15) is 0 Å². The molecule has 0 bridgehead atoms. The number of unbranched alkanes of at least 4 members (excludes halogenated alkanes) is 1. The van der Waals surface area contributed by atoms with Crippen molar-refractivity contribution in [2.45, 2.75) is 19.3 Å². The second-order valence-electron chi connectivity index (χ2n) is 2.92. The van der Waals surface area contributed by atoms with Gasteiger partial charge in [0.15, 0.2) is 11.6 Å². The summed E-state index contributed by atoms with van der Waals surface area (Å²) in [6.07, 6.45) is 1.67. The Morgan fingerprint density at radius 1 is 1.07 bits per heavy atom. The summed E-state index contributed by atoms with van der Waals surface area (Å²) in [5.74, 6) is -3.02. The molecule has 0 atom stereocenters. The van der Waals surface area contributed by atoms with E-state index >= 15 is 0 Å². The smallest absolute Gasteiger partial charge is 0.161 e. The third kappa shape index (κ3) is 3.91. The Bertz CT molecular complexity index is 342. The summed E-state index contributed by atoms with van der Waals surface area (Å²) < 4.78 is 38.1. The number of benzene rings is 1. The quantitative estimate of drug-likeness (QED) is 0.448. The highest BCUT2D eigenvalue weighted by molar-refractivity contribution is 5.85. The van der Waals surface area contributed by atoms with E-state index in [1.54, 1.807) is 0 Å².